The van der Waals surface area contributed by atoms with E-state index < -0.39 is 6.04 Å². The molecule has 0 bridgehead atoms. The predicted molar refractivity (Wildman–Crippen MR) is 152 cm³/mol. The minimum absolute atomic E-state index is 0.256. The number of benzene rings is 3. The van der Waals surface area contributed by atoms with Crippen LogP contribution < -0.4 is 24.8 Å². The van der Waals surface area contributed by atoms with E-state index >= 15 is 0 Å². The molecular weight excluding hydrogens is 555 g/mol. The molecule has 1 unspecified atom stereocenters. The number of carbonyl (C=O) groups is 1. The van der Waals surface area contributed by atoms with E-state index in [1.807, 2.05) is 37.3 Å². The van der Waals surface area contributed by atoms with Crippen LogP contribution in [0.25, 0.3) is 0 Å². The minimum atomic E-state index is -0.649. The molecule has 10 nitrogen and oxygen atoms in total. The number of ether oxygens (including phenoxy) is 3. The Bertz CT molecular complexity index is 1590. The number of hydrogen-bond donors (Lipinski definition) is 2. The van der Waals surface area contributed by atoms with E-state index in [-0.39, 0.29) is 12.5 Å². The van der Waals surface area contributed by atoms with Crippen LogP contribution in [-0.4, -0.2) is 39.8 Å². The van der Waals surface area contributed by atoms with Crippen molar-refractivity contribution in [2.75, 3.05) is 24.4 Å². The van der Waals surface area contributed by atoms with Crippen molar-refractivity contribution >= 4 is 40.7 Å². The van der Waals surface area contributed by atoms with E-state index in [2.05, 4.69) is 26.2 Å². The van der Waals surface area contributed by atoms with E-state index in [0.29, 0.717) is 56.8 Å². The molecule has 206 valence electrons. The van der Waals surface area contributed by atoms with Crippen molar-refractivity contribution in [1.29, 1.82) is 0 Å². The Kier molecular flexibility index (Phi) is 8.09. The number of fused-ring (bicyclic) bond motifs is 1. The van der Waals surface area contributed by atoms with Gasteiger partial charge in [0.1, 0.15) is 18.4 Å². The van der Waals surface area contributed by atoms with E-state index in [9.17, 15) is 4.79 Å². The third-order valence-electron chi connectivity index (χ3n) is 6.28. The number of allylic oxidation sites excluding steroid dienone is 1. The van der Waals surface area contributed by atoms with Gasteiger partial charge in [-0.3, -0.25) is 4.79 Å². The van der Waals surface area contributed by atoms with Gasteiger partial charge in [-0.05, 0) is 71.8 Å². The maximum atomic E-state index is 13.7. The summed E-state index contributed by atoms with van der Waals surface area (Å²) < 4.78 is 19.0. The van der Waals surface area contributed by atoms with Gasteiger partial charge in [-0.15, -0.1) is 0 Å². The van der Waals surface area contributed by atoms with Crippen LogP contribution in [0.3, 0.4) is 0 Å². The van der Waals surface area contributed by atoms with Crippen LogP contribution in [0, 0.1) is 0 Å². The van der Waals surface area contributed by atoms with E-state index in [4.69, 9.17) is 37.4 Å². The molecule has 3 aromatic carbocycles. The maximum absolute atomic E-state index is 13.7. The fraction of sp³-hybridized carbons (Fsp3) is 0.214. The second-order valence-electron chi connectivity index (χ2n) is 8.84. The summed E-state index contributed by atoms with van der Waals surface area (Å²) in [6.45, 7) is 4.35. The number of aromatic nitrogens is 4. The Balaban J connectivity index is 1.49. The Morgan fingerprint density at radius 3 is 2.62 bits per heavy atom. The van der Waals surface area contributed by atoms with Crippen LogP contribution >= 0.6 is 23.2 Å². The van der Waals surface area contributed by atoms with E-state index in [0.717, 1.165) is 11.1 Å². The molecule has 2 N–H and O–H groups in total. The van der Waals surface area contributed by atoms with Crippen molar-refractivity contribution in [1.82, 2.24) is 20.2 Å². The van der Waals surface area contributed by atoms with Crippen LogP contribution in [0.5, 0.6) is 17.2 Å². The number of hydrogen-bond acceptors (Lipinski definition) is 8. The second kappa shape index (κ2) is 11.8. The van der Waals surface area contributed by atoms with Crippen molar-refractivity contribution in [3.63, 3.8) is 0 Å². The number of nitrogens with zero attached hydrogens (tertiary/aromatic N) is 4. The number of tetrazole rings is 1. The molecule has 1 aromatic heterocycles. The summed E-state index contributed by atoms with van der Waals surface area (Å²) in [5, 5.41) is 19.1. The summed E-state index contributed by atoms with van der Waals surface area (Å²) in [5.41, 5.74) is 3.16. The van der Waals surface area contributed by atoms with Gasteiger partial charge in [0, 0.05) is 5.70 Å². The molecule has 0 fully saturated rings. The highest BCUT2D eigenvalue weighted by Crippen LogP contribution is 2.39. The standard InChI is InChI=1S/C28H26Cl2N6O4/c1-4-39-24-14-18(10-12-23(24)40-15-17-9-11-19(29)20(30)13-17)26-25(16(2)31-28-33-34-35-36(26)28)27(37)32-21-7-5-6-8-22(21)38-3/h5-14,26H,4,15H2,1-3H3,(H,32,37)(H,31,33,35). The zero-order chi connectivity index (χ0) is 28.2. The van der Waals surface area contributed by atoms with E-state index in [1.165, 1.54) is 0 Å². The second-order valence-corrected chi connectivity index (χ2v) is 9.66. The topological polar surface area (TPSA) is 112 Å². The van der Waals surface area contributed by atoms with Crippen molar-refractivity contribution < 1.29 is 19.0 Å². The number of amides is 1. The molecule has 0 saturated heterocycles. The lowest BCUT2D eigenvalue weighted by Crippen LogP contribution is -2.31. The third kappa shape index (κ3) is 5.54. The normalized spacial score (nSPS) is 14.3. The van der Waals surface area contributed by atoms with Gasteiger partial charge in [0.25, 0.3) is 5.91 Å². The molecule has 2 heterocycles. The summed E-state index contributed by atoms with van der Waals surface area (Å²) >= 11 is 12.2. The number of anilines is 2. The molecule has 1 atom stereocenters. The fourth-order valence-electron chi connectivity index (χ4n) is 4.42. The van der Waals surface area contributed by atoms with Gasteiger partial charge in [0.05, 0.1) is 35.0 Å². The lowest BCUT2D eigenvalue weighted by molar-refractivity contribution is -0.113. The minimum Gasteiger partial charge on any atom is -0.495 e. The van der Waals surface area contributed by atoms with Crippen LogP contribution in [0.15, 0.2) is 71.9 Å². The summed E-state index contributed by atoms with van der Waals surface area (Å²) in [7, 11) is 1.55. The molecule has 5 rings (SSSR count). The molecule has 1 aliphatic rings. The highest BCUT2D eigenvalue weighted by Gasteiger charge is 2.35. The molecule has 0 radical (unpaired) electrons. The summed E-state index contributed by atoms with van der Waals surface area (Å²) in [6, 6.07) is 17.4. The molecule has 40 heavy (non-hydrogen) atoms. The molecule has 0 aliphatic carbocycles. The Morgan fingerprint density at radius 2 is 1.85 bits per heavy atom. The third-order valence-corrected chi connectivity index (χ3v) is 7.01. The lowest BCUT2D eigenvalue weighted by atomic mass is 9.94. The average molecular weight is 581 g/mol. The Hall–Kier alpha value is -4.28. The van der Waals surface area contributed by atoms with Crippen molar-refractivity contribution in [3.05, 3.63) is 93.1 Å². The quantitative estimate of drug-likeness (QED) is 0.252. The Morgan fingerprint density at radius 1 is 1.02 bits per heavy atom. The lowest BCUT2D eigenvalue weighted by Gasteiger charge is -2.28. The van der Waals surface area contributed by atoms with E-state index in [1.54, 1.807) is 49.0 Å². The maximum Gasteiger partial charge on any atom is 0.255 e. The number of nitrogens with one attached hydrogen (secondary N) is 2. The first-order valence-electron chi connectivity index (χ1n) is 12.4. The number of carbonyl (C=O) groups excluding carboxylic acids is 1. The van der Waals surface area contributed by atoms with Gasteiger partial charge >= 0.3 is 0 Å². The fourth-order valence-corrected chi connectivity index (χ4v) is 4.75. The first kappa shape index (κ1) is 27.3. The summed E-state index contributed by atoms with van der Waals surface area (Å²) in [5.74, 6) is 1.66. The number of para-hydroxylation sites is 2. The van der Waals surface area contributed by atoms with Crippen LogP contribution in [0.1, 0.15) is 31.0 Å². The van der Waals surface area contributed by atoms with Crippen molar-refractivity contribution in [3.8, 4) is 17.2 Å². The highest BCUT2D eigenvalue weighted by molar-refractivity contribution is 6.42. The molecule has 0 saturated carbocycles. The molecule has 1 aliphatic heterocycles. The average Bonchev–Trinajstić information content (AvgIpc) is 3.42. The largest absolute Gasteiger partial charge is 0.495 e. The van der Waals surface area contributed by atoms with Gasteiger partial charge in [-0.1, -0.05) is 52.6 Å². The van der Waals surface area contributed by atoms with Crippen LogP contribution in [0.2, 0.25) is 10.0 Å². The van der Waals surface area contributed by atoms with Gasteiger partial charge in [0.15, 0.2) is 11.5 Å². The summed E-state index contributed by atoms with van der Waals surface area (Å²) in [6.07, 6.45) is 0. The Labute approximate surface area is 240 Å². The van der Waals surface area contributed by atoms with Crippen LogP contribution in [-0.2, 0) is 11.4 Å². The molecule has 1 amide bonds. The van der Waals surface area contributed by atoms with Crippen molar-refractivity contribution in [2.45, 2.75) is 26.5 Å². The molecule has 12 heteroatoms. The van der Waals surface area contributed by atoms with Crippen LogP contribution in [0.4, 0.5) is 11.6 Å². The molecule has 0 spiro atoms. The molecule has 4 aromatic rings. The number of halogens is 2. The van der Waals surface area contributed by atoms with Gasteiger partial charge < -0.3 is 24.8 Å². The number of methoxy groups -OCH3 is 1. The first-order chi connectivity index (χ1) is 19.4. The summed E-state index contributed by atoms with van der Waals surface area (Å²) in [4.78, 5) is 13.7. The van der Waals surface area contributed by atoms with Gasteiger partial charge in [-0.25, -0.2) is 0 Å². The first-order valence-corrected chi connectivity index (χ1v) is 13.2. The predicted octanol–water partition coefficient (Wildman–Crippen LogP) is 5.89. The SMILES string of the molecule is CCOc1cc(C2C(C(=O)Nc3ccccc3OC)=C(C)Nc3nnnn32)ccc1OCc1ccc(Cl)c(Cl)c1. The van der Waals surface area contributed by atoms with Gasteiger partial charge in [-0.2, -0.15) is 4.68 Å². The number of rotatable bonds is 9. The highest BCUT2D eigenvalue weighted by atomic mass is 35.5. The zero-order valence-corrected chi connectivity index (χ0v) is 23.5. The molecular formula is C28H26Cl2N6O4. The van der Waals surface area contributed by atoms with Gasteiger partial charge in [0.2, 0.25) is 5.95 Å². The smallest absolute Gasteiger partial charge is 0.255 e. The van der Waals surface area contributed by atoms with Crippen molar-refractivity contribution in [2.24, 2.45) is 0 Å². The monoisotopic (exact) mass is 580 g/mol. The zero-order valence-electron chi connectivity index (χ0n) is 21.9.